The molecule has 3 heterocycles. The molecule has 1 aliphatic rings. The molecule has 5 heteroatoms. The van der Waals surface area contributed by atoms with Gasteiger partial charge in [0.05, 0.1) is 16.4 Å². The molecule has 3 rings (SSSR count). The van der Waals surface area contributed by atoms with Crippen molar-refractivity contribution in [2.75, 3.05) is 19.8 Å². The third-order valence-electron chi connectivity index (χ3n) is 3.75. The fourth-order valence-electron chi connectivity index (χ4n) is 2.49. The minimum atomic E-state index is 0.0903. The summed E-state index contributed by atoms with van der Waals surface area (Å²) in [6, 6.07) is 7.94. The number of nitrogens with zero attached hydrogens (tertiary/aromatic N) is 1. The number of carbonyl (C=O) groups excluding carboxylic acids is 1. The second-order valence-electron chi connectivity index (χ2n) is 5.32. The molecule has 1 saturated heterocycles. The van der Waals surface area contributed by atoms with Gasteiger partial charge in [0, 0.05) is 19.2 Å². The van der Waals surface area contributed by atoms with Crippen molar-refractivity contribution in [3.8, 4) is 10.6 Å². The Bertz CT molecular complexity index is 631. The van der Waals surface area contributed by atoms with Crippen LogP contribution in [0.3, 0.4) is 0 Å². The van der Waals surface area contributed by atoms with Crippen molar-refractivity contribution in [1.29, 1.82) is 0 Å². The Kier molecular flexibility index (Phi) is 4.12. The van der Waals surface area contributed by atoms with Crippen LogP contribution in [0.1, 0.15) is 28.8 Å². The van der Waals surface area contributed by atoms with E-state index in [1.54, 1.807) is 0 Å². The van der Waals surface area contributed by atoms with Crippen LogP contribution in [0, 0.1) is 6.92 Å². The molecule has 112 valence electrons. The summed E-state index contributed by atoms with van der Waals surface area (Å²) in [7, 11) is 0. The van der Waals surface area contributed by atoms with Gasteiger partial charge in [-0.1, -0.05) is 0 Å². The molecular formula is C16H19NO3S. The van der Waals surface area contributed by atoms with Gasteiger partial charge in [0.1, 0.15) is 11.5 Å². The predicted molar refractivity (Wildman–Crippen MR) is 82.7 cm³/mol. The SMILES string of the molecule is Cc1ccc(-c2ccc(C(=O)N3CCOCCC3C)s2)o1. The van der Waals surface area contributed by atoms with E-state index in [4.69, 9.17) is 9.15 Å². The second-order valence-corrected chi connectivity index (χ2v) is 6.41. The van der Waals surface area contributed by atoms with Gasteiger partial charge in [-0.2, -0.15) is 0 Å². The van der Waals surface area contributed by atoms with E-state index >= 15 is 0 Å². The topological polar surface area (TPSA) is 42.7 Å². The minimum absolute atomic E-state index is 0.0903. The molecule has 2 aromatic heterocycles. The maximum absolute atomic E-state index is 12.7. The molecule has 21 heavy (non-hydrogen) atoms. The number of rotatable bonds is 2. The third kappa shape index (κ3) is 3.04. The molecule has 0 spiro atoms. The number of hydrogen-bond donors (Lipinski definition) is 0. The van der Waals surface area contributed by atoms with E-state index in [0.29, 0.717) is 13.2 Å². The lowest BCUT2D eigenvalue weighted by atomic mass is 10.2. The van der Waals surface area contributed by atoms with Crippen molar-refractivity contribution >= 4 is 17.2 Å². The van der Waals surface area contributed by atoms with E-state index in [9.17, 15) is 4.79 Å². The first-order valence-corrected chi connectivity index (χ1v) is 8.02. The number of thiophene rings is 1. The average molecular weight is 305 g/mol. The van der Waals surface area contributed by atoms with Crippen LogP contribution in [0.15, 0.2) is 28.7 Å². The van der Waals surface area contributed by atoms with E-state index in [0.717, 1.165) is 34.3 Å². The zero-order chi connectivity index (χ0) is 14.8. The van der Waals surface area contributed by atoms with E-state index < -0.39 is 0 Å². The van der Waals surface area contributed by atoms with Crippen LogP contribution in [-0.4, -0.2) is 36.6 Å². The number of furan rings is 1. The van der Waals surface area contributed by atoms with Gasteiger partial charge in [0.25, 0.3) is 5.91 Å². The summed E-state index contributed by atoms with van der Waals surface area (Å²) >= 11 is 1.48. The van der Waals surface area contributed by atoms with Gasteiger partial charge >= 0.3 is 0 Å². The molecule has 1 unspecified atom stereocenters. The summed E-state index contributed by atoms with van der Waals surface area (Å²) in [4.78, 5) is 16.3. The zero-order valence-corrected chi connectivity index (χ0v) is 13.1. The normalized spacial score (nSPS) is 19.5. The van der Waals surface area contributed by atoms with Gasteiger partial charge in [-0.15, -0.1) is 11.3 Å². The lowest BCUT2D eigenvalue weighted by Crippen LogP contribution is -2.38. The molecule has 0 aromatic carbocycles. The number of hydrogen-bond acceptors (Lipinski definition) is 4. The third-order valence-corrected chi connectivity index (χ3v) is 4.84. The standard InChI is InChI=1S/C16H19NO3S/c1-11-7-9-19-10-8-17(11)16(18)15-6-5-14(21-15)13-4-3-12(2)20-13/h3-6,11H,7-10H2,1-2H3. The number of aryl methyl sites for hydroxylation is 1. The molecule has 1 aliphatic heterocycles. The molecule has 2 aromatic rings. The quantitative estimate of drug-likeness (QED) is 0.852. The molecule has 4 nitrogen and oxygen atoms in total. The first kappa shape index (κ1) is 14.4. The monoisotopic (exact) mass is 305 g/mol. The smallest absolute Gasteiger partial charge is 0.264 e. The van der Waals surface area contributed by atoms with Crippen molar-refractivity contribution in [1.82, 2.24) is 4.90 Å². The first-order chi connectivity index (χ1) is 10.1. The van der Waals surface area contributed by atoms with E-state index in [1.807, 2.05) is 36.1 Å². The zero-order valence-electron chi connectivity index (χ0n) is 12.3. The van der Waals surface area contributed by atoms with Gasteiger partial charge in [-0.05, 0) is 44.5 Å². The summed E-state index contributed by atoms with van der Waals surface area (Å²) in [6.45, 7) is 6.00. The van der Waals surface area contributed by atoms with E-state index in [2.05, 4.69) is 6.92 Å². The van der Waals surface area contributed by atoms with Crippen molar-refractivity contribution in [3.05, 3.63) is 34.9 Å². The van der Waals surface area contributed by atoms with Crippen LogP contribution in [0.2, 0.25) is 0 Å². The lowest BCUT2D eigenvalue weighted by molar-refractivity contribution is 0.0692. The molecule has 0 saturated carbocycles. The summed E-state index contributed by atoms with van der Waals surface area (Å²) in [5.41, 5.74) is 0. The first-order valence-electron chi connectivity index (χ1n) is 7.20. The van der Waals surface area contributed by atoms with Crippen molar-refractivity contribution in [2.24, 2.45) is 0 Å². The van der Waals surface area contributed by atoms with Gasteiger partial charge in [-0.25, -0.2) is 0 Å². The largest absolute Gasteiger partial charge is 0.461 e. The van der Waals surface area contributed by atoms with Crippen LogP contribution in [0.4, 0.5) is 0 Å². The van der Waals surface area contributed by atoms with Crippen LogP contribution in [0.5, 0.6) is 0 Å². The van der Waals surface area contributed by atoms with Gasteiger partial charge in [0.2, 0.25) is 0 Å². The summed E-state index contributed by atoms with van der Waals surface area (Å²) in [6.07, 6.45) is 0.890. The Morgan fingerprint density at radius 1 is 1.29 bits per heavy atom. The van der Waals surface area contributed by atoms with Crippen molar-refractivity contribution < 1.29 is 13.9 Å². The summed E-state index contributed by atoms with van der Waals surface area (Å²) < 4.78 is 11.1. The Morgan fingerprint density at radius 3 is 2.90 bits per heavy atom. The molecule has 0 bridgehead atoms. The average Bonchev–Trinajstić information content (AvgIpc) is 3.05. The molecule has 0 radical (unpaired) electrons. The highest BCUT2D eigenvalue weighted by atomic mass is 32.1. The molecule has 0 aliphatic carbocycles. The fourth-order valence-corrected chi connectivity index (χ4v) is 3.41. The predicted octanol–water partition coefficient (Wildman–Crippen LogP) is 3.57. The molecule has 0 N–H and O–H groups in total. The summed E-state index contributed by atoms with van der Waals surface area (Å²) in [5.74, 6) is 1.79. The number of ether oxygens (including phenoxy) is 1. The molecule has 1 atom stereocenters. The van der Waals surface area contributed by atoms with Crippen molar-refractivity contribution in [2.45, 2.75) is 26.3 Å². The highest BCUT2D eigenvalue weighted by molar-refractivity contribution is 7.17. The van der Waals surface area contributed by atoms with E-state index in [1.165, 1.54) is 11.3 Å². The van der Waals surface area contributed by atoms with Crippen molar-refractivity contribution in [3.63, 3.8) is 0 Å². The van der Waals surface area contributed by atoms with Crippen LogP contribution in [-0.2, 0) is 4.74 Å². The highest BCUT2D eigenvalue weighted by Gasteiger charge is 2.24. The number of carbonyl (C=O) groups is 1. The van der Waals surface area contributed by atoms with Gasteiger partial charge < -0.3 is 14.1 Å². The Balaban J connectivity index is 1.80. The van der Waals surface area contributed by atoms with Crippen LogP contribution < -0.4 is 0 Å². The molecule has 1 amide bonds. The highest BCUT2D eigenvalue weighted by Crippen LogP contribution is 2.30. The maximum Gasteiger partial charge on any atom is 0.264 e. The fraction of sp³-hybridized carbons (Fsp3) is 0.438. The summed E-state index contributed by atoms with van der Waals surface area (Å²) in [5, 5.41) is 0. The van der Waals surface area contributed by atoms with E-state index in [-0.39, 0.29) is 11.9 Å². The maximum atomic E-state index is 12.7. The lowest BCUT2D eigenvalue weighted by Gasteiger charge is -2.25. The Hall–Kier alpha value is -1.59. The van der Waals surface area contributed by atoms with Crippen LogP contribution >= 0.6 is 11.3 Å². The van der Waals surface area contributed by atoms with Gasteiger partial charge in [-0.3, -0.25) is 4.79 Å². The minimum Gasteiger partial charge on any atom is -0.461 e. The Labute approximate surface area is 128 Å². The molecule has 1 fully saturated rings. The van der Waals surface area contributed by atoms with Gasteiger partial charge in [0.15, 0.2) is 0 Å². The molecular weight excluding hydrogens is 286 g/mol. The second kappa shape index (κ2) is 6.03. The van der Waals surface area contributed by atoms with Crippen LogP contribution in [0.25, 0.3) is 10.6 Å². The number of amides is 1. The Morgan fingerprint density at radius 2 is 2.14 bits per heavy atom.